The van der Waals surface area contributed by atoms with Gasteiger partial charge in [-0.25, -0.2) is 13.4 Å². The average Bonchev–Trinajstić information content (AvgIpc) is 3.20. The van der Waals surface area contributed by atoms with Gasteiger partial charge in [-0.1, -0.05) is 32.4 Å². The van der Waals surface area contributed by atoms with Crippen molar-refractivity contribution in [3.05, 3.63) is 41.2 Å². The van der Waals surface area contributed by atoms with Gasteiger partial charge < -0.3 is 10.1 Å². The number of hydrogen-bond donors (Lipinski definition) is 3. The molecule has 0 radical (unpaired) electrons. The van der Waals surface area contributed by atoms with E-state index >= 15 is 0 Å². The number of rotatable bonds is 7. The second-order valence-corrected chi connectivity index (χ2v) is 10.4. The van der Waals surface area contributed by atoms with E-state index in [2.05, 4.69) is 51.0 Å². The second kappa shape index (κ2) is 8.83. The molecule has 2 aromatic heterocycles. The van der Waals surface area contributed by atoms with Crippen LogP contribution in [0.2, 0.25) is 5.02 Å². The lowest BCUT2D eigenvalue weighted by Gasteiger charge is -2.18. The van der Waals surface area contributed by atoms with Crippen molar-refractivity contribution >= 4 is 50.6 Å². The molecule has 0 aliphatic carbocycles. The molecule has 2 heterocycles. The molecule has 0 aliphatic heterocycles. The molecule has 0 bridgehead atoms. The maximum atomic E-state index is 11.8. The highest BCUT2D eigenvalue weighted by molar-refractivity contribution is 7.92. The molecule has 3 rings (SSSR count). The van der Waals surface area contributed by atoms with Crippen LogP contribution in [0.3, 0.4) is 0 Å². The normalized spacial score (nSPS) is 11.8. The molecule has 12 heteroatoms. The summed E-state index contributed by atoms with van der Waals surface area (Å²) in [6.07, 6.45) is 2.53. The lowest BCUT2D eigenvalue weighted by Crippen LogP contribution is -2.15. The monoisotopic (exact) mass is 479 g/mol. The van der Waals surface area contributed by atoms with Crippen molar-refractivity contribution in [2.75, 3.05) is 35.4 Å². The number of nitrogens with one attached hydrogen (secondary N) is 3. The largest absolute Gasteiger partial charge is 0.497 e. The predicted octanol–water partition coefficient (Wildman–Crippen LogP) is 4.04. The van der Waals surface area contributed by atoms with Gasteiger partial charge in [0.05, 0.1) is 30.9 Å². The van der Waals surface area contributed by atoms with Crippen molar-refractivity contribution in [1.29, 1.82) is 0 Å². The Labute approximate surface area is 192 Å². The zero-order valence-electron chi connectivity index (χ0n) is 18.7. The summed E-state index contributed by atoms with van der Waals surface area (Å²) in [5, 5.41) is 10.7. The summed E-state index contributed by atoms with van der Waals surface area (Å²) in [6, 6.07) is 6.85. The van der Waals surface area contributed by atoms with Crippen LogP contribution in [0.15, 0.2) is 30.5 Å². The fourth-order valence-electron chi connectivity index (χ4n) is 2.75. The van der Waals surface area contributed by atoms with Gasteiger partial charge >= 0.3 is 0 Å². The third kappa shape index (κ3) is 5.60. The average molecular weight is 480 g/mol. The maximum Gasteiger partial charge on any atom is 0.232 e. The summed E-state index contributed by atoms with van der Waals surface area (Å²) in [5.74, 6) is 1.79. The first-order valence-electron chi connectivity index (χ1n) is 9.62. The Kier molecular flexibility index (Phi) is 6.51. The smallest absolute Gasteiger partial charge is 0.232 e. The molecule has 0 spiro atoms. The first kappa shape index (κ1) is 23.6. The van der Waals surface area contributed by atoms with Crippen LogP contribution in [0, 0.1) is 0 Å². The SMILES string of the molecule is COc1ccc(Nc2nc(N(C)c3cc(C(C)(C)C)[nH]n3)ncc2Cl)c(NS(C)(=O)=O)c1. The number of benzene rings is 1. The van der Waals surface area contributed by atoms with Crippen molar-refractivity contribution in [2.45, 2.75) is 26.2 Å². The van der Waals surface area contributed by atoms with Crippen LogP contribution < -0.4 is 19.7 Å². The molecule has 0 unspecified atom stereocenters. The third-order valence-corrected chi connectivity index (χ3v) is 5.39. The topological polar surface area (TPSA) is 125 Å². The van der Waals surface area contributed by atoms with Gasteiger partial charge in [-0.15, -0.1) is 0 Å². The standard InChI is InChI=1S/C20H26ClN7O3S/c1-20(2,3)16-10-17(26-25-16)28(4)19-22-11-13(21)18(24-19)23-14-8-7-12(31-5)9-15(14)27-32(6,29)30/h7-11,27H,1-6H3,(H,25,26)(H,22,23,24). The molecule has 3 aromatic rings. The number of anilines is 5. The van der Waals surface area contributed by atoms with Gasteiger partial charge in [0, 0.05) is 30.3 Å². The van der Waals surface area contributed by atoms with Gasteiger partial charge in [-0.05, 0) is 12.1 Å². The minimum atomic E-state index is -3.53. The van der Waals surface area contributed by atoms with E-state index < -0.39 is 10.0 Å². The van der Waals surface area contributed by atoms with Crippen LogP contribution in [0.5, 0.6) is 5.75 Å². The molecule has 0 atom stereocenters. The minimum Gasteiger partial charge on any atom is -0.497 e. The van der Waals surface area contributed by atoms with E-state index in [0.29, 0.717) is 34.7 Å². The van der Waals surface area contributed by atoms with Crippen LogP contribution in [-0.2, 0) is 15.4 Å². The number of nitrogens with zero attached hydrogens (tertiary/aromatic N) is 4. The van der Waals surface area contributed by atoms with Crippen LogP contribution in [0.1, 0.15) is 26.5 Å². The van der Waals surface area contributed by atoms with Gasteiger partial charge in [0.2, 0.25) is 16.0 Å². The van der Waals surface area contributed by atoms with E-state index in [-0.39, 0.29) is 10.4 Å². The summed E-state index contributed by atoms with van der Waals surface area (Å²) < 4.78 is 31.2. The van der Waals surface area contributed by atoms with Gasteiger partial charge in [0.25, 0.3) is 0 Å². The molecular weight excluding hydrogens is 454 g/mol. The minimum absolute atomic E-state index is 0.0863. The van der Waals surface area contributed by atoms with Crippen LogP contribution in [0.4, 0.5) is 29.0 Å². The molecule has 0 aliphatic rings. The summed E-state index contributed by atoms with van der Waals surface area (Å²) in [6.45, 7) is 6.26. The third-order valence-electron chi connectivity index (χ3n) is 4.52. The molecular formula is C20H26ClN7O3S. The van der Waals surface area contributed by atoms with Crippen molar-refractivity contribution in [3.63, 3.8) is 0 Å². The van der Waals surface area contributed by atoms with E-state index in [9.17, 15) is 8.42 Å². The van der Waals surface area contributed by atoms with Crippen LogP contribution in [0.25, 0.3) is 0 Å². The molecule has 1 aromatic carbocycles. The number of hydrogen-bond acceptors (Lipinski definition) is 8. The number of ether oxygens (including phenoxy) is 1. The molecule has 32 heavy (non-hydrogen) atoms. The molecule has 0 saturated heterocycles. The second-order valence-electron chi connectivity index (χ2n) is 8.23. The summed E-state index contributed by atoms with van der Waals surface area (Å²) in [5.41, 5.74) is 1.62. The number of aromatic nitrogens is 4. The molecule has 0 saturated carbocycles. The van der Waals surface area contributed by atoms with E-state index in [1.807, 2.05) is 6.07 Å². The summed E-state index contributed by atoms with van der Waals surface area (Å²) >= 11 is 6.31. The van der Waals surface area contributed by atoms with Crippen molar-refractivity contribution < 1.29 is 13.2 Å². The number of aromatic amines is 1. The van der Waals surface area contributed by atoms with E-state index in [4.69, 9.17) is 16.3 Å². The number of H-pyrrole nitrogens is 1. The van der Waals surface area contributed by atoms with E-state index in [1.165, 1.54) is 13.3 Å². The highest BCUT2D eigenvalue weighted by atomic mass is 35.5. The van der Waals surface area contributed by atoms with E-state index in [1.54, 1.807) is 30.1 Å². The Morgan fingerprint density at radius 3 is 2.50 bits per heavy atom. The fourth-order valence-corrected chi connectivity index (χ4v) is 3.45. The molecule has 10 nitrogen and oxygen atoms in total. The first-order chi connectivity index (χ1) is 14.9. The lowest BCUT2D eigenvalue weighted by molar-refractivity contribution is 0.415. The molecule has 0 amide bonds. The van der Waals surface area contributed by atoms with Crippen molar-refractivity contribution in [1.82, 2.24) is 20.2 Å². The van der Waals surface area contributed by atoms with Gasteiger partial charge in [-0.2, -0.15) is 10.1 Å². The zero-order chi connectivity index (χ0) is 23.7. The van der Waals surface area contributed by atoms with Gasteiger partial charge in [0.15, 0.2) is 11.6 Å². The Balaban J connectivity index is 1.94. The highest BCUT2D eigenvalue weighted by Gasteiger charge is 2.20. The van der Waals surface area contributed by atoms with Crippen molar-refractivity contribution in [2.24, 2.45) is 0 Å². The summed E-state index contributed by atoms with van der Waals surface area (Å²) in [7, 11) is -0.238. The van der Waals surface area contributed by atoms with Gasteiger partial charge in [-0.3, -0.25) is 14.7 Å². The molecule has 3 N–H and O–H groups in total. The predicted molar refractivity (Wildman–Crippen MR) is 127 cm³/mol. The molecule has 0 fully saturated rings. The highest BCUT2D eigenvalue weighted by Crippen LogP contribution is 2.33. The Bertz CT molecular complexity index is 1220. The Morgan fingerprint density at radius 2 is 1.91 bits per heavy atom. The quantitative estimate of drug-likeness (QED) is 0.463. The Hall–Kier alpha value is -3.05. The number of sulfonamides is 1. The van der Waals surface area contributed by atoms with Crippen LogP contribution >= 0.6 is 11.6 Å². The number of methoxy groups -OCH3 is 1. The fraction of sp³-hybridized carbons (Fsp3) is 0.350. The van der Waals surface area contributed by atoms with Gasteiger partial charge in [0.1, 0.15) is 10.8 Å². The van der Waals surface area contributed by atoms with Crippen LogP contribution in [-0.4, -0.2) is 49.0 Å². The first-order valence-corrected chi connectivity index (χ1v) is 11.9. The van der Waals surface area contributed by atoms with E-state index in [0.717, 1.165) is 11.9 Å². The maximum absolute atomic E-state index is 11.8. The zero-order valence-corrected chi connectivity index (χ0v) is 20.3. The van der Waals surface area contributed by atoms with Crippen molar-refractivity contribution in [3.8, 4) is 5.75 Å². The lowest BCUT2D eigenvalue weighted by atomic mass is 9.92. The molecule has 172 valence electrons. The summed E-state index contributed by atoms with van der Waals surface area (Å²) in [4.78, 5) is 10.5. The number of halogens is 1. The Morgan fingerprint density at radius 1 is 1.19 bits per heavy atom.